The van der Waals surface area contributed by atoms with Gasteiger partial charge in [-0.2, -0.15) is 5.26 Å². The number of ketones is 1. The lowest BCUT2D eigenvalue weighted by Gasteiger charge is -2.19. The SMILES string of the molecule is CC(C)(C)OC(=O)Nc1ccc(C(=O)c2ccc3ncc(C#N)nc3c2)c(F)c1. The zero-order valence-corrected chi connectivity index (χ0v) is 16.0. The maximum atomic E-state index is 14.5. The molecule has 1 heterocycles. The Morgan fingerprint density at radius 2 is 1.90 bits per heavy atom. The summed E-state index contributed by atoms with van der Waals surface area (Å²) in [5.74, 6) is -1.35. The molecule has 29 heavy (non-hydrogen) atoms. The van der Waals surface area contributed by atoms with Gasteiger partial charge in [0.15, 0.2) is 11.5 Å². The van der Waals surface area contributed by atoms with Crippen LogP contribution < -0.4 is 5.32 Å². The predicted molar refractivity (Wildman–Crippen MR) is 104 cm³/mol. The molecule has 0 atom stereocenters. The van der Waals surface area contributed by atoms with E-state index in [2.05, 4.69) is 15.3 Å². The highest BCUT2D eigenvalue weighted by Crippen LogP contribution is 2.21. The van der Waals surface area contributed by atoms with Gasteiger partial charge < -0.3 is 4.74 Å². The number of aromatic nitrogens is 2. The number of ether oxygens (including phenoxy) is 1. The highest BCUT2D eigenvalue weighted by molar-refractivity contribution is 6.10. The van der Waals surface area contributed by atoms with Crippen molar-refractivity contribution < 1.29 is 18.7 Å². The fourth-order valence-electron chi connectivity index (χ4n) is 2.56. The van der Waals surface area contributed by atoms with Gasteiger partial charge >= 0.3 is 6.09 Å². The van der Waals surface area contributed by atoms with Gasteiger partial charge in [0.05, 0.1) is 22.8 Å². The lowest BCUT2D eigenvalue weighted by atomic mass is 10.0. The van der Waals surface area contributed by atoms with Crippen molar-refractivity contribution in [3.8, 4) is 6.07 Å². The van der Waals surface area contributed by atoms with Crippen molar-refractivity contribution in [2.45, 2.75) is 26.4 Å². The van der Waals surface area contributed by atoms with Gasteiger partial charge in [-0.25, -0.2) is 14.2 Å². The molecular formula is C21H17FN4O3. The van der Waals surface area contributed by atoms with E-state index >= 15 is 0 Å². The van der Waals surface area contributed by atoms with Crippen LogP contribution in [0.3, 0.4) is 0 Å². The van der Waals surface area contributed by atoms with Crippen molar-refractivity contribution in [2.75, 3.05) is 5.32 Å². The molecule has 8 heteroatoms. The maximum absolute atomic E-state index is 14.5. The highest BCUT2D eigenvalue weighted by atomic mass is 19.1. The lowest BCUT2D eigenvalue weighted by molar-refractivity contribution is 0.0636. The summed E-state index contributed by atoms with van der Waals surface area (Å²) in [6.07, 6.45) is 0.609. The molecule has 2 aromatic carbocycles. The van der Waals surface area contributed by atoms with Gasteiger partial charge in [-0.05, 0) is 57.2 Å². The average Bonchev–Trinajstić information content (AvgIpc) is 2.65. The predicted octanol–water partition coefficient (Wildman–Crippen LogP) is 4.22. The minimum absolute atomic E-state index is 0.117. The molecule has 0 bridgehead atoms. The van der Waals surface area contributed by atoms with Gasteiger partial charge in [-0.1, -0.05) is 0 Å². The Balaban J connectivity index is 1.85. The number of hydrogen-bond donors (Lipinski definition) is 1. The number of nitrogens with zero attached hydrogens (tertiary/aromatic N) is 3. The van der Waals surface area contributed by atoms with Gasteiger partial charge in [0.2, 0.25) is 0 Å². The van der Waals surface area contributed by atoms with Crippen LogP contribution in [0, 0.1) is 17.1 Å². The monoisotopic (exact) mass is 392 g/mol. The molecule has 0 aliphatic heterocycles. The number of rotatable bonds is 3. The van der Waals surface area contributed by atoms with E-state index in [4.69, 9.17) is 10.00 Å². The van der Waals surface area contributed by atoms with Gasteiger partial charge in [0, 0.05) is 11.3 Å². The molecule has 7 nitrogen and oxygen atoms in total. The molecule has 146 valence electrons. The smallest absolute Gasteiger partial charge is 0.412 e. The number of amides is 1. The quantitative estimate of drug-likeness (QED) is 0.669. The molecule has 0 aliphatic rings. The molecule has 1 amide bonds. The van der Waals surface area contributed by atoms with Crippen molar-refractivity contribution in [2.24, 2.45) is 0 Å². The van der Waals surface area contributed by atoms with Crippen LogP contribution in [0.25, 0.3) is 11.0 Å². The van der Waals surface area contributed by atoms with Crippen LogP contribution in [0.1, 0.15) is 42.4 Å². The summed E-state index contributed by atoms with van der Waals surface area (Å²) in [7, 11) is 0. The van der Waals surface area contributed by atoms with E-state index in [9.17, 15) is 14.0 Å². The third-order valence-electron chi connectivity index (χ3n) is 3.78. The number of benzene rings is 2. The molecule has 3 aromatic rings. The van der Waals surface area contributed by atoms with Gasteiger partial charge in [-0.15, -0.1) is 0 Å². The van der Waals surface area contributed by atoms with Crippen molar-refractivity contribution in [3.63, 3.8) is 0 Å². The van der Waals surface area contributed by atoms with Crippen molar-refractivity contribution >= 4 is 28.6 Å². The minimum Gasteiger partial charge on any atom is -0.444 e. The summed E-state index contributed by atoms with van der Waals surface area (Å²) in [6.45, 7) is 5.13. The van der Waals surface area contributed by atoms with Crippen molar-refractivity contribution in [1.29, 1.82) is 5.26 Å². The van der Waals surface area contributed by atoms with Crippen LogP contribution >= 0.6 is 0 Å². The van der Waals surface area contributed by atoms with E-state index in [0.29, 0.717) is 11.0 Å². The number of carbonyl (C=O) groups is 2. The maximum Gasteiger partial charge on any atom is 0.412 e. The first kappa shape index (κ1) is 19.9. The van der Waals surface area contributed by atoms with Gasteiger partial charge in [0.1, 0.15) is 17.5 Å². The fraction of sp³-hybridized carbons (Fsp3) is 0.190. The largest absolute Gasteiger partial charge is 0.444 e. The van der Waals surface area contributed by atoms with Crippen LogP contribution in [0.5, 0.6) is 0 Å². The molecule has 0 saturated carbocycles. The first-order valence-corrected chi connectivity index (χ1v) is 8.67. The molecule has 1 N–H and O–H groups in total. The van der Waals surface area contributed by atoms with E-state index in [1.165, 1.54) is 30.5 Å². The standard InChI is InChI=1S/C21H17FN4O3/c1-21(2,3)29-20(28)26-13-5-6-15(16(22)9-13)19(27)12-4-7-17-18(8-12)25-14(10-23)11-24-17/h4-9,11H,1-3H3,(H,26,28). The van der Waals surface area contributed by atoms with Gasteiger partial charge in [-0.3, -0.25) is 15.1 Å². The fourth-order valence-corrected chi connectivity index (χ4v) is 2.56. The first-order chi connectivity index (χ1) is 13.7. The summed E-state index contributed by atoms with van der Waals surface area (Å²) in [5, 5.41) is 11.4. The Labute approximate surface area is 166 Å². The summed E-state index contributed by atoms with van der Waals surface area (Å²) >= 11 is 0. The van der Waals surface area contributed by atoms with E-state index in [1.807, 2.05) is 6.07 Å². The summed E-state index contributed by atoms with van der Waals surface area (Å²) in [6, 6.07) is 10.2. The average molecular weight is 392 g/mol. The van der Waals surface area contributed by atoms with Crippen molar-refractivity contribution in [3.05, 3.63) is 65.2 Å². The number of hydrogen-bond acceptors (Lipinski definition) is 6. The van der Waals surface area contributed by atoms with Crippen molar-refractivity contribution in [1.82, 2.24) is 9.97 Å². The Hall–Kier alpha value is -3.86. The van der Waals surface area contributed by atoms with Gasteiger partial charge in [0.25, 0.3) is 0 Å². The number of fused-ring (bicyclic) bond motifs is 1. The third kappa shape index (κ3) is 4.71. The van der Waals surface area contributed by atoms with Crippen LogP contribution in [-0.2, 0) is 4.74 Å². The lowest BCUT2D eigenvalue weighted by Crippen LogP contribution is -2.27. The van der Waals surface area contributed by atoms with E-state index in [0.717, 1.165) is 6.07 Å². The van der Waals surface area contributed by atoms with Crippen LogP contribution in [0.2, 0.25) is 0 Å². The van der Waals surface area contributed by atoms with Crippen LogP contribution in [0.15, 0.2) is 42.6 Å². The number of anilines is 1. The first-order valence-electron chi connectivity index (χ1n) is 8.67. The Bertz CT molecular complexity index is 1160. The van der Waals surface area contributed by atoms with Crippen LogP contribution in [-0.4, -0.2) is 27.4 Å². The Kier molecular flexibility index (Phi) is 5.24. The molecular weight excluding hydrogens is 375 g/mol. The minimum atomic E-state index is -0.791. The summed E-state index contributed by atoms with van der Waals surface area (Å²) in [5.41, 5.74) is 0.499. The van der Waals surface area contributed by atoms with E-state index < -0.39 is 23.3 Å². The third-order valence-corrected chi connectivity index (χ3v) is 3.78. The summed E-state index contributed by atoms with van der Waals surface area (Å²) in [4.78, 5) is 32.7. The number of nitriles is 1. The molecule has 3 rings (SSSR count). The molecule has 0 unspecified atom stereocenters. The molecule has 0 aliphatic carbocycles. The Morgan fingerprint density at radius 1 is 1.14 bits per heavy atom. The second-order valence-corrected chi connectivity index (χ2v) is 7.22. The number of nitrogens with one attached hydrogen (secondary N) is 1. The second kappa shape index (κ2) is 7.64. The van der Waals surface area contributed by atoms with E-state index in [1.54, 1.807) is 26.8 Å². The molecule has 1 aromatic heterocycles. The molecule has 0 saturated heterocycles. The molecule has 0 radical (unpaired) electrons. The second-order valence-electron chi connectivity index (χ2n) is 7.22. The zero-order valence-electron chi connectivity index (χ0n) is 16.0. The topological polar surface area (TPSA) is 105 Å². The molecule has 0 fully saturated rings. The Morgan fingerprint density at radius 3 is 2.55 bits per heavy atom. The summed E-state index contributed by atoms with van der Waals surface area (Å²) < 4.78 is 19.6. The molecule has 0 spiro atoms. The zero-order chi connectivity index (χ0) is 21.2. The number of carbonyl (C=O) groups excluding carboxylic acids is 2. The number of halogens is 1. The van der Waals surface area contributed by atoms with E-state index in [-0.39, 0.29) is 22.5 Å². The normalized spacial score (nSPS) is 11.0. The highest BCUT2D eigenvalue weighted by Gasteiger charge is 2.19. The van der Waals surface area contributed by atoms with Crippen LogP contribution in [0.4, 0.5) is 14.9 Å².